The minimum atomic E-state index is -0.529. The highest BCUT2D eigenvalue weighted by atomic mass is 35.5. The summed E-state index contributed by atoms with van der Waals surface area (Å²) >= 11 is 5.92. The third-order valence-corrected chi connectivity index (χ3v) is 4.08. The van der Waals surface area contributed by atoms with Gasteiger partial charge in [-0.25, -0.2) is 0 Å². The Morgan fingerprint density at radius 1 is 1.17 bits per heavy atom. The van der Waals surface area contributed by atoms with Gasteiger partial charge in [0.25, 0.3) is 5.91 Å². The molecule has 0 saturated heterocycles. The van der Waals surface area contributed by atoms with Gasteiger partial charge in [-0.1, -0.05) is 41.9 Å². The number of amides is 1. The van der Waals surface area contributed by atoms with Crippen molar-refractivity contribution in [3.8, 4) is 5.75 Å². The zero-order valence-electron chi connectivity index (χ0n) is 14.2. The normalized spacial score (nSPS) is 11.8. The van der Waals surface area contributed by atoms with E-state index in [9.17, 15) is 4.79 Å². The summed E-state index contributed by atoms with van der Waals surface area (Å²) in [5.74, 6) is 0.593. The van der Waals surface area contributed by atoms with Gasteiger partial charge in [-0.05, 0) is 62.4 Å². The highest BCUT2D eigenvalue weighted by Crippen LogP contribution is 2.22. The molecule has 0 bridgehead atoms. The van der Waals surface area contributed by atoms with E-state index in [-0.39, 0.29) is 5.91 Å². The third-order valence-electron chi connectivity index (χ3n) is 3.84. The van der Waals surface area contributed by atoms with Crippen molar-refractivity contribution in [1.82, 2.24) is 5.32 Å². The number of halogens is 1. The number of ether oxygens (including phenoxy) is 1. The molecule has 1 atom stereocenters. The number of aryl methyl sites for hydroxylation is 2. The molecule has 1 amide bonds. The lowest BCUT2D eigenvalue weighted by Crippen LogP contribution is -2.36. The Morgan fingerprint density at radius 2 is 1.92 bits per heavy atom. The molecule has 24 heavy (non-hydrogen) atoms. The second kappa shape index (κ2) is 9.33. The molecule has 3 nitrogen and oxygen atoms in total. The molecular formula is C20H24ClNO2. The van der Waals surface area contributed by atoms with Gasteiger partial charge in [0.1, 0.15) is 5.75 Å². The van der Waals surface area contributed by atoms with Crippen molar-refractivity contribution in [1.29, 1.82) is 0 Å². The van der Waals surface area contributed by atoms with Crippen LogP contribution in [0.1, 0.15) is 30.9 Å². The van der Waals surface area contributed by atoms with E-state index in [2.05, 4.69) is 29.6 Å². The van der Waals surface area contributed by atoms with E-state index in [4.69, 9.17) is 16.3 Å². The first kappa shape index (κ1) is 18.3. The van der Waals surface area contributed by atoms with Crippen molar-refractivity contribution in [2.45, 2.75) is 39.2 Å². The second-order valence-electron chi connectivity index (χ2n) is 5.90. The molecule has 0 heterocycles. The molecule has 0 unspecified atom stereocenters. The van der Waals surface area contributed by atoms with E-state index in [0.29, 0.717) is 17.3 Å². The molecule has 0 spiro atoms. The lowest BCUT2D eigenvalue weighted by molar-refractivity contribution is -0.127. The molecule has 2 aromatic carbocycles. The topological polar surface area (TPSA) is 38.3 Å². The van der Waals surface area contributed by atoms with Crippen LogP contribution in [0.2, 0.25) is 5.02 Å². The van der Waals surface area contributed by atoms with Crippen LogP contribution >= 0.6 is 11.6 Å². The van der Waals surface area contributed by atoms with Crippen molar-refractivity contribution in [2.75, 3.05) is 6.54 Å². The number of nitrogens with one attached hydrogen (secondary N) is 1. The van der Waals surface area contributed by atoms with Crippen molar-refractivity contribution >= 4 is 17.5 Å². The highest BCUT2D eigenvalue weighted by molar-refractivity contribution is 6.30. The molecule has 2 aromatic rings. The van der Waals surface area contributed by atoms with E-state index >= 15 is 0 Å². The second-order valence-corrected chi connectivity index (χ2v) is 6.34. The molecule has 0 radical (unpaired) electrons. The lowest BCUT2D eigenvalue weighted by Gasteiger charge is -2.16. The average molecular weight is 346 g/mol. The Balaban J connectivity index is 1.68. The van der Waals surface area contributed by atoms with Crippen LogP contribution in [0, 0.1) is 6.92 Å². The SMILES string of the molecule is Cc1cc(Cl)ccc1O[C@@H](C)C(=O)NCCCCc1ccccc1. The first-order valence-electron chi connectivity index (χ1n) is 8.30. The van der Waals surface area contributed by atoms with Gasteiger partial charge in [0.2, 0.25) is 0 Å². The number of carbonyl (C=O) groups is 1. The van der Waals surface area contributed by atoms with Gasteiger partial charge < -0.3 is 10.1 Å². The maximum absolute atomic E-state index is 12.1. The maximum Gasteiger partial charge on any atom is 0.260 e. The number of carbonyl (C=O) groups excluding carboxylic acids is 1. The fourth-order valence-electron chi connectivity index (χ4n) is 2.44. The van der Waals surface area contributed by atoms with Crippen LogP contribution in [0.3, 0.4) is 0 Å². The van der Waals surface area contributed by atoms with Gasteiger partial charge in [-0.3, -0.25) is 4.79 Å². The number of benzene rings is 2. The molecule has 1 N–H and O–H groups in total. The summed E-state index contributed by atoms with van der Waals surface area (Å²) in [7, 11) is 0. The molecular weight excluding hydrogens is 322 g/mol. The minimum Gasteiger partial charge on any atom is -0.481 e. The third kappa shape index (κ3) is 5.89. The minimum absolute atomic E-state index is 0.0935. The van der Waals surface area contributed by atoms with E-state index < -0.39 is 6.10 Å². The smallest absolute Gasteiger partial charge is 0.260 e. The van der Waals surface area contributed by atoms with Crippen LogP contribution in [-0.2, 0) is 11.2 Å². The fourth-order valence-corrected chi connectivity index (χ4v) is 2.67. The van der Waals surface area contributed by atoms with Gasteiger partial charge in [0.15, 0.2) is 6.10 Å². The predicted molar refractivity (Wildman–Crippen MR) is 98.7 cm³/mol. The molecule has 4 heteroatoms. The fraction of sp³-hybridized carbons (Fsp3) is 0.350. The summed E-state index contributed by atoms with van der Waals surface area (Å²) in [5.41, 5.74) is 2.25. The quantitative estimate of drug-likeness (QED) is 0.712. The van der Waals surface area contributed by atoms with E-state index in [1.54, 1.807) is 19.1 Å². The molecule has 0 fully saturated rings. The van der Waals surface area contributed by atoms with E-state index in [1.165, 1.54) is 5.56 Å². The summed E-state index contributed by atoms with van der Waals surface area (Å²) in [6, 6.07) is 15.8. The molecule has 0 aliphatic carbocycles. The largest absolute Gasteiger partial charge is 0.481 e. The highest BCUT2D eigenvalue weighted by Gasteiger charge is 2.15. The summed E-state index contributed by atoms with van der Waals surface area (Å²) in [4.78, 5) is 12.1. The van der Waals surface area contributed by atoms with Crippen molar-refractivity contribution in [3.05, 3.63) is 64.7 Å². The van der Waals surface area contributed by atoms with Crippen LogP contribution < -0.4 is 10.1 Å². The van der Waals surface area contributed by atoms with Crippen molar-refractivity contribution in [2.24, 2.45) is 0 Å². The lowest BCUT2D eigenvalue weighted by atomic mass is 10.1. The first-order valence-corrected chi connectivity index (χ1v) is 8.68. The predicted octanol–water partition coefficient (Wildman–Crippen LogP) is 4.55. The van der Waals surface area contributed by atoms with Crippen molar-refractivity contribution in [3.63, 3.8) is 0 Å². The number of hydrogen-bond donors (Lipinski definition) is 1. The first-order chi connectivity index (χ1) is 11.6. The Kier molecular flexibility index (Phi) is 7.13. The molecule has 0 aliphatic rings. The van der Waals surface area contributed by atoms with Crippen LogP contribution in [0.15, 0.2) is 48.5 Å². The van der Waals surface area contributed by atoms with Crippen LogP contribution in [0.25, 0.3) is 0 Å². The van der Waals surface area contributed by atoms with E-state index in [1.807, 2.05) is 19.1 Å². The Bertz CT molecular complexity index is 658. The van der Waals surface area contributed by atoms with Gasteiger partial charge in [-0.2, -0.15) is 0 Å². The zero-order valence-corrected chi connectivity index (χ0v) is 15.0. The molecule has 0 aliphatic heterocycles. The van der Waals surface area contributed by atoms with E-state index in [0.717, 1.165) is 24.8 Å². The van der Waals surface area contributed by atoms with Gasteiger partial charge in [0, 0.05) is 11.6 Å². The van der Waals surface area contributed by atoms with Crippen molar-refractivity contribution < 1.29 is 9.53 Å². The number of hydrogen-bond acceptors (Lipinski definition) is 2. The van der Waals surface area contributed by atoms with Crippen LogP contribution in [0.4, 0.5) is 0 Å². The van der Waals surface area contributed by atoms with Gasteiger partial charge >= 0.3 is 0 Å². The summed E-state index contributed by atoms with van der Waals surface area (Å²) < 4.78 is 5.72. The molecule has 0 saturated carbocycles. The Hall–Kier alpha value is -2.00. The Morgan fingerprint density at radius 3 is 2.62 bits per heavy atom. The maximum atomic E-state index is 12.1. The van der Waals surface area contributed by atoms with Crippen LogP contribution in [0.5, 0.6) is 5.75 Å². The monoisotopic (exact) mass is 345 g/mol. The zero-order chi connectivity index (χ0) is 17.4. The molecule has 0 aromatic heterocycles. The van der Waals surface area contributed by atoms with Crippen LogP contribution in [-0.4, -0.2) is 18.6 Å². The summed E-state index contributed by atoms with van der Waals surface area (Å²) in [5, 5.41) is 3.59. The number of unbranched alkanes of at least 4 members (excludes halogenated alkanes) is 1. The molecule has 128 valence electrons. The van der Waals surface area contributed by atoms with Gasteiger partial charge in [0.05, 0.1) is 0 Å². The van der Waals surface area contributed by atoms with Gasteiger partial charge in [-0.15, -0.1) is 0 Å². The molecule has 2 rings (SSSR count). The summed E-state index contributed by atoms with van der Waals surface area (Å²) in [6.07, 6.45) is 2.51. The number of rotatable bonds is 8. The summed E-state index contributed by atoms with van der Waals surface area (Å²) in [6.45, 7) is 4.34. The average Bonchev–Trinajstić information content (AvgIpc) is 2.57. The standard InChI is InChI=1S/C20H24ClNO2/c1-15-14-18(21)11-12-19(15)24-16(2)20(23)22-13-7-6-10-17-8-4-3-5-9-17/h3-5,8-9,11-12,14,16H,6-7,10,13H2,1-2H3,(H,22,23)/t16-/m0/s1. The Labute approximate surface area is 149 Å².